The van der Waals surface area contributed by atoms with E-state index in [-0.39, 0.29) is 6.54 Å². The molecule has 0 saturated carbocycles. The van der Waals surface area contributed by atoms with Crippen molar-refractivity contribution in [2.45, 2.75) is 19.4 Å². The second kappa shape index (κ2) is 6.44. The summed E-state index contributed by atoms with van der Waals surface area (Å²) in [6.45, 7) is 5.42. The minimum atomic E-state index is -1.44. The van der Waals surface area contributed by atoms with E-state index in [1.807, 2.05) is 5.32 Å². The highest BCUT2D eigenvalue weighted by molar-refractivity contribution is 5.86. The lowest BCUT2D eigenvalue weighted by Gasteiger charge is -2.13. The fourth-order valence-corrected chi connectivity index (χ4v) is 0.815. The smallest absolute Gasteiger partial charge is 0.326 e. The highest BCUT2D eigenvalue weighted by Crippen LogP contribution is 1.92. The topological polar surface area (TPSA) is 116 Å². The van der Waals surface area contributed by atoms with E-state index >= 15 is 0 Å². The van der Waals surface area contributed by atoms with Gasteiger partial charge in [-0.2, -0.15) is 0 Å². The summed E-state index contributed by atoms with van der Waals surface area (Å²) in [6, 6.07) is -2.18. The maximum absolute atomic E-state index is 11.1. The van der Waals surface area contributed by atoms with Gasteiger partial charge in [-0.1, -0.05) is 12.2 Å². The van der Waals surface area contributed by atoms with Gasteiger partial charge in [0.05, 0.1) is 6.42 Å². The summed E-state index contributed by atoms with van der Waals surface area (Å²) in [7, 11) is 0. The van der Waals surface area contributed by atoms with Gasteiger partial charge in [0.2, 0.25) is 0 Å². The van der Waals surface area contributed by atoms with Crippen molar-refractivity contribution in [1.82, 2.24) is 10.6 Å². The number of hydrogen-bond donors (Lipinski definition) is 4. The van der Waals surface area contributed by atoms with E-state index in [4.69, 9.17) is 10.2 Å². The third kappa shape index (κ3) is 6.41. The van der Waals surface area contributed by atoms with Crippen molar-refractivity contribution in [3.8, 4) is 0 Å². The van der Waals surface area contributed by atoms with Crippen molar-refractivity contribution in [3.63, 3.8) is 0 Å². The normalized spacial score (nSPS) is 11.3. The molecule has 0 aliphatic heterocycles. The summed E-state index contributed by atoms with van der Waals surface area (Å²) in [5.74, 6) is -2.69. The van der Waals surface area contributed by atoms with Crippen LogP contribution in [0.3, 0.4) is 0 Å². The van der Waals surface area contributed by atoms with Gasteiger partial charge in [-0.15, -0.1) is 0 Å². The first kappa shape index (κ1) is 13.9. The molecule has 16 heavy (non-hydrogen) atoms. The molecule has 0 aliphatic carbocycles. The Hall–Kier alpha value is -2.05. The van der Waals surface area contributed by atoms with Gasteiger partial charge in [0.25, 0.3) is 0 Å². The molecular formula is C9H14N2O5. The van der Waals surface area contributed by atoms with Gasteiger partial charge in [0.15, 0.2) is 0 Å². The van der Waals surface area contributed by atoms with E-state index in [1.165, 1.54) is 0 Å². The summed E-state index contributed by atoms with van der Waals surface area (Å²) in [5.41, 5.74) is 0.695. The van der Waals surface area contributed by atoms with Crippen LogP contribution in [0.25, 0.3) is 0 Å². The summed E-state index contributed by atoms with van der Waals surface area (Å²) >= 11 is 0. The fraction of sp³-hybridized carbons (Fsp3) is 0.444. The van der Waals surface area contributed by atoms with Crippen LogP contribution in [0.2, 0.25) is 0 Å². The number of rotatable bonds is 6. The molecule has 0 unspecified atom stereocenters. The average molecular weight is 230 g/mol. The van der Waals surface area contributed by atoms with Crippen molar-refractivity contribution >= 4 is 18.0 Å². The monoisotopic (exact) mass is 230 g/mol. The zero-order valence-corrected chi connectivity index (χ0v) is 8.82. The van der Waals surface area contributed by atoms with E-state index in [0.29, 0.717) is 5.57 Å². The molecule has 0 heterocycles. The van der Waals surface area contributed by atoms with E-state index in [2.05, 4.69) is 11.9 Å². The van der Waals surface area contributed by atoms with Gasteiger partial charge < -0.3 is 20.8 Å². The third-order valence-corrected chi connectivity index (χ3v) is 1.53. The van der Waals surface area contributed by atoms with Gasteiger partial charge >= 0.3 is 18.0 Å². The van der Waals surface area contributed by atoms with Crippen molar-refractivity contribution < 1.29 is 24.6 Å². The van der Waals surface area contributed by atoms with Crippen molar-refractivity contribution in [2.75, 3.05) is 6.54 Å². The molecule has 90 valence electrons. The first-order valence-electron chi connectivity index (χ1n) is 4.46. The predicted octanol–water partition coefficient (Wildman–Crippen LogP) is -0.210. The minimum absolute atomic E-state index is 0.200. The van der Waals surface area contributed by atoms with Crippen LogP contribution in [0.5, 0.6) is 0 Å². The molecule has 4 N–H and O–H groups in total. The van der Waals surface area contributed by atoms with Crippen LogP contribution in [0, 0.1) is 0 Å². The first-order valence-corrected chi connectivity index (χ1v) is 4.46. The summed E-state index contributed by atoms with van der Waals surface area (Å²) < 4.78 is 0. The molecule has 0 aromatic carbocycles. The van der Waals surface area contributed by atoms with Crippen molar-refractivity contribution in [1.29, 1.82) is 0 Å². The number of carboxylic acid groups (broad SMARTS) is 2. The fourth-order valence-electron chi connectivity index (χ4n) is 0.815. The van der Waals surface area contributed by atoms with Crippen LogP contribution in [0.4, 0.5) is 4.79 Å². The Kier molecular flexibility index (Phi) is 5.61. The Bertz CT molecular complexity index is 313. The molecule has 0 aromatic heterocycles. The molecule has 7 nitrogen and oxygen atoms in total. The molecule has 0 bridgehead atoms. The molecule has 0 aromatic rings. The molecule has 0 aliphatic rings. The van der Waals surface area contributed by atoms with E-state index < -0.39 is 30.4 Å². The number of carbonyl (C=O) groups is 3. The van der Waals surface area contributed by atoms with E-state index in [1.54, 1.807) is 6.92 Å². The molecule has 2 amide bonds. The van der Waals surface area contributed by atoms with Crippen LogP contribution in [-0.2, 0) is 9.59 Å². The number of carbonyl (C=O) groups excluding carboxylic acids is 1. The van der Waals surface area contributed by atoms with Gasteiger partial charge in [-0.05, 0) is 6.92 Å². The first-order chi connectivity index (χ1) is 7.32. The molecule has 0 fully saturated rings. The van der Waals surface area contributed by atoms with Crippen LogP contribution in [0.1, 0.15) is 13.3 Å². The molecular weight excluding hydrogens is 216 g/mol. The van der Waals surface area contributed by atoms with Gasteiger partial charge in [0.1, 0.15) is 6.04 Å². The van der Waals surface area contributed by atoms with Crippen molar-refractivity contribution in [3.05, 3.63) is 12.2 Å². The number of carboxylic acids is 2. The Morgan fingerprint density at radius 2 is 1.88 bits per heavy atom. The lowest BCUT2D eigenvalue weighted by Crippen LogP contribution is -2.47. The Morgan fingerprint density at radius 3 is 2.25 bits per heavy atom. The van der Waals surface area contributed by atoms with Gasteiger partial charge in [-0.25, -0.2) is 9.59 Å². The maximum atomic E-state index is 11.1. The molecule has 0 rings (SSSR count). The Morgan fingerprint density at radius 1 is 1.31 bits per heavy atom. The van der Waals surface area contributed by atoms with Crippen LogP contribution < -0.4 is 10.6 Å². The summed E-state index contributed by atoms with van der Waals surface area (Å²) in [4.78, 5) is 32.0. The Labute approximate surface area is 92.1 Å². The average Bonchev–Trinajstić information content (AvgIpc) is 2.12. The highest BCUT2D eigenvalue weighted by Gasteiger charge is 2.22. The predicted molar refractivity (Wildman–Crippen MR) is 55.0 cm³/mol. The highest BCUT2D eigenvalue weighted by atomic mass is 16.4. The summed E-state index contributed by atoms with van der Waals surface area (Å²) in [5, 5.41) is 21.4. The Balaban J connectivity index is 4.18. The number of urea groups is 1. The largest absolute Gasteiger partial charge is 0.481 e. The van der Waals surface area contributed by atoms with Crippen LogP contribution in [-0.4, -0.2) is 40.8 Å². The second-order valence-electron chi connectivity index (χ2n) is 3.27. The SMILES string of the molecule is C=C(C)CNC(=O)N[C@@H](CC(=O)O)C(=O)O. The van der Waals surface area contributed by atoms with Gasteiger partial charge in [0, 0.05) is 6.54 Å². The summed E-state index contributed by atoms with van der Waals surface area (Å²) in [6.07, 6.45) is -0.671. The number of aliphatic carboxylic acids is 2. The third-order valence-electron chi connectivity index (χ3n) is 1.53. The molecule has 0 radical (unpaired) electrons. The standard InChI is InChI=1S/C9H14N2O5/c1-5(2)4-10-9(16)11-6(8(14)15)3-7(12)13/h6H,1,3-4H2,2H3,(H,12,13)(H,14,15)(H2,10,11,16)/t6-/m0/s1. The lowest BCUT2D eigenvalue weighted by molar-refractivity contribution is -0.145. The molecule has 7 heteroatoms. The van der Waals surface area contributed by atoms with Crippen molar-refractivity contribution in [2.24, 2.45) is 0 Å². The van der Waals surface area contributed by atoms with Gasteiger partial charge in [-0.3, -0.25) is 4.79 Å². The van der Waals surface area contributed by atoms with Crippen LogP contribution in [0.15, 0.2) is 12.2 Å². The number of hydrogen-bond acceptors (Lipinski definition) is 3. The second-order valence-corrected chi connectivity index (χ2v) is 3.27. The molecule has 0 saturated heterocycles. The van der Waals surface area contributed by atoms with Crippen LogP contribution >= 0.6 is 0 Å². The zero-order chi connectivity index (χ0) is 12.7. The lowest BCUT2D eigenvalue weighted by atomic mass is 10.2. The minimum Gasteiger partial charge on any atom is -0.481 e. The molecule has 0 spiro atoms. The maximum Gasteiger partial charge on any atom is 0.326 e. The number of amides is 2. The van der Waals surface area contributed by atoms with E-state index in [9.17, 15) is 14.4 Å². The zero-order valence-electron chi connectivity index (χ0n) is 8.82. The molecule has 1 atom stereocenters. The quantitative estimate of drug-likeness (QED) is 0.471. The number of nitrogens with one attached hydrogen (secondary N) is 2. The van der Waals surface area contributed by atoms with E-state index in [0.717, 1.165) is 0 Å².